The van der Waals surface area contributed by atoms with Gasteiger partial charge in [0.2, 0.25) is 5.91 Å². The van der Waals surface area contributed by atoms with Crippen LogP contribution in [-0.2, 0) is 11.3 Å². The standard InChI is InChI=1S/C17H26N2OS/c1-14(2)11-18-12-15-5-7-16(8-6-15)21-13-17(20)19-9-3-4-10-19/h5-8,14,18H,3-4,9-13H2,1-2H3. The Bertz CT molecular complexity index is 439. The SMILES string of the molecule is CC(C)CNCc1ccc(SCC(=O)N2CCCC2)cc1. The van der Waals surface area contributed by atoms with Gasteiger partial charge in [0.25, 0.3) is 0 Å². The van der Waals surface area contributed by atoms with Gasteiger partial charge in [-0.3, -0.25) is 4.79 Å². The molecule has 1 amide bonds. The van der Waals surface area contributed by atoms with Crippen LogP contribution in [0.5, 0.6) is 0 Å². The number of benzene rings is 1. The number of carbonyl (C=O) groups excluding carboxylic acids is 1. The summed E-state index contributed by atoms with van der Waals surface area (Å²) in [6, 6.07) is 8.54. The van der Waals surface area contributed by atoms with Gasteiger partial charge in [0.15, 0.2) is 0 Å². The molecular formula is C17H26N2OS. The molecule has 1 aromatic rings. The van der Waals surface area contributed by atoms with Crippen molar-refractivity contribution in [3.8, 4) is 0 Å². The van der Waals surface area contributed by atoms with E-state index in [9.17, 15) is 4.79 Å². The van der Waals surface area contributed by atoms with Crippen molar-refractivity contribution < 1.29 is 4.79 Å². The first-order chi connectivity index (χ1) is 10.1. The average Bonchev–Trinajstić information content (AvgIpc) is 3.00. The van der Waals surface area contributed by atoms with E-state index >= 15 is 0 Å². The molecule has 1 saturated heterocycles. The zero-order valence-electron chi connectivity index (χ0n) is 13.1. The molecule has 0 atom stereocenters. The van der Waals surface area contributed by atoms with Gasteiger partial charge < -0.3 is 10.2 Å². The maximum atomic E-state index is 12.0. The van der Waals surface area contributed by atoms with Crippen LogP contribution >= 0.6 is 11.8 Å². The lowest BCUT2D eigenvalue weighted by atomic mass is 10.2. The monoisotopic (exact) mass is 306 g/mol. The van der Waals surface area contributed by atoms with Crippen molar-refractivity contribution in [1.82, 2.24) is 10.2 Å². The fraction of sp³-hybridized carbons (Fsp3) is 0.588. The molecule has 1 aromatic carbocycles. The van der Waals surface area contributed by atoms with Crippen molar-refractivity contribution in [2.24, 2.45) is 5.92 Å². The summed E-state index contributed by atoms with van der Waals surface area (Å²) < 4.78 is 0. The second-order valence-electron chi connectivity index (χ2n) is 6.05. The molecule has 1 N–H and O–H groups in total. The zero-order valence-corrected chi connectivity index (χ0v) is 13.9. The number of hydrogen-bond donors (Lipinski definition) is 1. The van der Waals surface area contributed by atoms with E-state index in [1.165, 1.54) is 10.5 Å². The number of amides is 1. The summed E-state index contributed by atoms with van der Waals surface area (Å²) in [6.45, 7) is 8.27. The maximum Gasteiger partial charge on any atom is 0.232 e. The highest BCUT2D eigenvalue weighted by atomic mass is 32.2. The predicted octanol–water partition coefficient (Wildman–Crippen LogP) is 3.15. The van der Waals surface area contributed by atoms with E-state index < -0.39 is 0 Å². The first kappa shape index (κ1) is 16.4. The van der Waals surface area contributed by atoms with Crippen LogP contribution in [0.4, 0.5) is 0 Å². The van der Waals surface area contributed by atoms with E-state index in [0.29, 0.717) is 11.7 Å². The number of likely N-dealkylation sites (tertiary alicyclic amines) is 1. The van der Waals surface area contributed by atoms with E-state index in [1.54, 1.807) is 11.8 Å². The third kappa shape index (κ3) is 5.71. The van der Waals surface area contributed by atoms with Crippen LogP contribution in [0.2, 0.25) is 0 Å². The minimum Gasteiger partial charge on any atom is -0.342 e. The Morgan fingerprint density at radius 1 is 1.24 bits per heavy atom. The number of nitrogens with zero attached hydrogens (tertiary/aromatic N) is 1. The Balaban J connectivity index is 1.72. The van der Waals surface area contributed by atoms with Crippen LogP contribution in [0.3, 0.4) is 0 Å². The zero-order chi connectivity index (χ0) is 15.1. The van der Waals surface area contributed by atoms with Gasteiger partial charge in [-0.15, -0.1) is 11.8 Å². The van der Waals surface area contributed by atoms with Gasteiger partial charge in [-0.25, -0.2) is 0 Å². The Morgan fingerprint density at radius 3 is 2.52 bits per heavy atom. The molecule has 0 unspecified atom stereocenters. The fourth-order valence-electron chi connectivity index (χ4n) is 2.41. The molecule has 1 fully saturated rings. The highest BCUT2D eigenvalue weighted by molar-refractivity contribution is 8.00. The lowest BCUT2D eigenvalue weighted by Crippen LogP contribution is -2.29. The minimum absolute atomic E-state index is 0.278. The molecule has 0 bridgehead atoms. The van der Waals surface area contributed by atoms with Crippen LogP contribution < -0.4 is 5.32 Å². The lowest BCUT2D eigenvalue weighted by Gasteiger charge is -2.14. The van der Waals surface area contributed by atoms with Crippen LogP contribution in [-0.4, -0.2) is 36.2 Å². The van der Waals surface area contributed by atoms with E-state index in [-0.39, 0.29) is 5.91 Å². The van der Waals surface area contributed by atoms with Crippen molar-refractivity contribution in [3.63, 3.8) is 0 Å². The number of carbonyl (C=O) groups is 1. The summed E-state index contributed by atoms with van der Waals surface area (Å²) in [5, 5.41) is 3.44. The van der Waals surface area contributed by atoms with E-state index in [2.05, 4.69) is 43.4 Å². The summed E-state index contributed by atoms with van der Waals surface area (Å²) in [5.41, 5.74) is 1.30. The first-order valence-corrected chi connectivity index (χ1v) is 8.84. The fourth-order valence-corrected chi connectivity index (χ4v) is 3.21. The summed E-state index contributed by atoms with van der Waals surface area (Å²) >= 11 is 1.64. The largest absolute Gasteiger partial charge is 0.342 e. The highest BCUT2D eigenvalue weighted by Crippen LogP contribution is 2.20. The normalized spacial score (nSPS) is 14.9. The molecule has 0 saturated carbocycles. The van der Waals surface area contributed by atoms with Crippen LogP contribution in [0, 0.1) is 5.92 Å². The van der Waals surface area contributed by atoms with Gasteiger partial charge in [-0.05, 0) is 43.0 Å². The summed E-state index contributed by atoms with van der Waals surface area (Å²) in [7, 11) is 0. The number of hydrogen-bond acceptors (Lipinski definition) is 3. The van der Waals surface area contributed by atoms with Crippen LogP contribution in [0.15, 0.2) is 29.2 Å². The van der Waals surface area contributed by atoms with Gasteiger partial charge in [0.05, 0.1) is 5.75 Å². The van der Waals surface area contributed by atoms with Crippen molar-refractivity contribution in [3.05, 3.63) is 29.8 Å². The molecule has 116 valence electrons. The second kappa shape index (κ2) is 8.44. The quantitative estimate of drug-likeness (QED) is 0.786. The maximum absolute atomic E-state index is 12.0. The molecule has 1 aliphatic heterocycles. The highest BCUT2D eigenvalue weighted by Gasteiger charge is 2.17. The van der Waals surface area contributed by atoms with Gasteiger partial charge in [0.1, 0.15) is 0 Å². The number of thioether (sulfide) groups is 1. The molecule has 0 radical (unpaired) electrons. The molecule has 0 spiro atoms. The van der Waals surface area contributed by atoms with Gasteiger partial charge in [0, 0.05) is 24.5 Å². The van der Waals surface area contributed by atoms with Crippen LogP contribution in [0.25, 0.3) is 0 Å². The Kier molecular flexibility index (Phi) is 6.58. The average molecular weight is 306 g/mol. The predicted molar refractivity (Wildman–Crippen MR) is 89.5 cm³/mol. The summed E-state index contributed by atoms with van der Waals surface area (Å²) in [6.07, 6.45) is 2.32. The van der Waals surface area contributed by atoms with Gasteiger partial charge in [-0.1, -0.05) is 26.0 Å². The molecule has 2 rings (SSSR count). The molecular weight excluding hydrogens is 280 g/mol. The van der Waals surface area contributed by atoms with Gasteiger partial charge in [-0.2, -0.15) is 0 Å². The lowest BCUT2D eigenvalue weighted by molar-refractivity contribution is -0.127. The third-order valence-corrected chi connectivity index (χ3v) is 4.62. The van der Waals surface area contributed by atoms with E-state index in [4.69, 9.17) is 0 Å². The molecule has 21 heavy (non-hydrogen) atoms. The minimum atomic E-state index is 0.278. The summed E-state index contributed by atoms with van der Waals surface area (Å²) in [4.78, 5) is 15.1. The van der Waals surface area contributed by atoms with Crippen molar-refractivity contribution in [1.29, 1.82) is 0 Å². The molecule has 3 nitrogen and oxygen atoms in total. The van der Waals surface area contributed by atoms with Crippen molar-refractivity contribution >= 4 is 17.7 Å². The topological polar surface area (TPSA) is 32.3 Å². The Labute approximate surface area is 132 Å². The van der Waals surface area contributed by atoms with E-state index in [1.807, 2.05) is 4.90 Å². The van der Waals surface area contributed by atoms with Crippen molar-refractivity contribution in [2.45, 2.75) is 38.1 Å². The molecule has 1 aliphatic rings. The molecule has 1 heterocycles. The van der Waals surface area contributed by atoms with Crippen LogP contribution in [0.1, 0.15) is 32.3 Å². The van der Waals surface area contributed by atoms with Gasteiger partial charge >= 0.3 is 0 Å². The van der Waals surface area contributed by atoms with E-state index in [0.717, 1.165) is 39.0 Å². The number of nitrogens with one attached hydrogen (secondary N) is 1. The molecule has 0 aliphatic carbocycles. The second-order valence-corrected chi connectivity index (χ2v) is 7.09. The molecule has 4 heteroatoms. The smallest absolute Gasteiger partial charge is 0.232 e. The Hall–Kier alpha value is -1.00. The van der Waals surface area contributed by atoms with Crippen molar-refractivity contribution in [2.75, 3.05) is 25.4 Å². The molecule has 0 aromatic heterocycles. The Morgan fingerprint density at radius 2 is 1.90 bits per heavy atom. The first-order valence-electron chi connectivity index (χ1n) is 7.85. The summed E-state index contributed by atoms with van der Waals surface area (Å²) in [5.74, 6) is 1.52. The number of rotatable bonds is 7. The third-order valence-electron chi connectivity index (χ3n) is 3.63.